The molecule has 17 aromatic carbocycles. The molecule has 8 aliphatic rings. The van der Waals surface area contributed by atoms with E-state index in [9.17, 15) is 0 Å². The Morgan fingerprint density at radius 2 is 0.400 bits per heavy atom. The molecule has 17 aromatic rings. The van der Waals surface area contributed by atoms with Crippen molar-refractivity contribution < 1.29 is 0 Å². The summed E-state index contributed by atoms with van der Waals surface area (Å²) in [6.45, 7) is 41.0. The highest BCUT2D eigenvalue weighted by Crippen LogP contribution is 2.71. The van der Waals surface area contributed by atoms with E-state index >= 15 is 0 Å². The van der Waals surface area contributed by atoms with Crippen LogP contribution in [-0.2, 0) is 21.7 Å². The standard InChI is InChI=1S/C126H122N4/c1-75-71-97(79(5)111-115(75)127(85-47-27-19-28-48-85)123(13)67-39-35-63-119(111,123)9)89-55-59-93-105-94(60-56-90(103(89)105)98-72-76(2)116-112(80(98)6)120(10)64-36-40-68-124(120,14)128(116)86-49-29-20-30-50-86)108-102(84-45-25-18-26-46-84)110-96-62-58-92(100-74-78(4)118-114(82(100)8)122(12)66-38-42-70-126(122,16)130(118)88-53-33-22-34-54-88)104-91(57-61-95(106(96)104)109(110)101(107(93)108)83-43-23-17-24-44-83)99-73-77(3)117-113(81(99)7)121(11)65-37-41-69-125(121,15)129(117)87-51-31-21-32-52-87/h17-34,43-62,71-74H,35-42,63-70H2,1-16H3. The largest absolute Gasteiger partial charge is 0.334 e. The molecule has 4 heteroatoms. The van der Waals surface area contributed by atoms with Gasteiger partial charge in [0.05, 0.1) is 22.2 Å². The maximum atomic E-state index is 2.81. The Labute approximate surface area is 770 Å². The molecule has 4 aliphatic heterocycles. The number of aryl methyl sites for hydroxylation is 4. The Morgan fingerprint density at radius 1 is 0.200 bits per heavy atom. The Hall–Kier alpha value is -12.0. The summed E-state index contributed by atoms with van der Waals surface area (Å²) < 4.78 is 0. The minimum Gasteiger partial charge on any atom is -0.334 e. The van der Waals surface area contributed by atoms with Gasteiger partial charge in [-0.1, -0.05) is 261 Å². The second-order valence-electron chi connectivity index (χ2n) is 43.4. The van der Waals surface area contributed by atoms with Gasteiger partial charge in [0.15, 0.2) is 0 Å². The number of hydrogen-bond donors (Lipinski definition) is 0. The predicted octanol–water partition coefficient (Wildman–Crippen LogP) is 34.9. The van der Waals surface area contributed by atoms with E-state index in [-0.39, 0.29) is 43.8 Å². The molecule has 4 nitrogen and oxygen atoms in total. The molecule has 0 N–H and O–H groups in total. The first kappa shape index (κ1) is 80.1. The van der Waals surface area contributed by atoms with Crippen molar-refractivity contribution >= 4 is 110 Å². The average molecular weight is 1690 g/mol. The first-order valence-electron chi connectivity index (χ1n) is 49.4. The molecule has 0 spiro atoms. The topological polar surface area (TPSA) is 13.0 Å². The maximum Gasteiger partial charge on any atom is 0.0518 e. The number of benzene rings is 15. The predicted molar refractivity (Wildman–Crippen MR) is 556 cm³/mol. The van der Waals surface area contributed by atoms with Gasteiger partial charge in [-0.2, -0.15) is 0 Å². The van der Waals surface area contributed by atoms with Crippen LogP contribution < -0.4 is 19.6 Å². The van der Waals surface area contributed by atoms with Gasteiger partial charge in [0.1, 0.15) is 0 Å². The van der Waals surface area contributed by atoms with E-state index < -0.39 is 0 Å². The van der Waals surface area contributed by atoms with E-state index in [1.807, 2.05) is 0 Å². The number of rotatable bonds is 10. The fourth-order valence-corrected chi connectivity index (χ4v) is 30.9. The van der Waals surface area contributed by atoms with Crippen LogP contribution >= 0.6 is 0 Å². The van der Waals surface area contributed by atoms with E-state index in [4.69, 9.17) is 0 Å². The van der Waals surface area contributed by atoms with Gasteiger partial charge in [-0.05, 0) is 405 Å². The van der Waals surface area contributed by atoms with Crippen LogP contribution in [0.25, 0.3) is 131 Å². The summed E-state index contributed by atoms with van der Waals surface area (Å²) in [5.74, 6) is 0. The minimum atomic E-state index is -0.121. The van der Waals surface area contributed by atoms with Crippen molar-refractivity contribution in [3.8, 4) is 66.8 Å². The molecule has 0 bridgehead atoms. The molecule has 0 amide bonds. The second-order valence-corrected chi connectivity index (χ2v) is 43.4. The third kappa shape index (κ3) is 9.99. The van der Waals surface area contributed by atoms with Crippen LogP contribution in [0.2, 0.25) is 0 Å². The summed E-state index contributed by atoms with van der Waals surface area (Å²) in [4.78, 5) is 11.3. The molecule has 4 aliphatic carbocycles. The molecule has 0 radical (unpaired) electrons. The van der Waals surface area contributed by atoms with Gasteiger partial charge in [0.2, 0.25) is 0 Å². The molecule has 0 saturated heterocycles. The lowest BCUT2D eigenvalue weighted by Crippen LogP contribution is -2.54. The SMILES string of the molecule is Cc1cc(-c2ccc3c4c(-c5ccccc5)c5c6ccc(-c7cc(C)c8c(c7C)C7(C)CCCCC7(C)N8c7ccccc7)c7c(-c8cc(C)c9c(c8C)C8(C)CCCCC8(C)N9c8ccccc8)ccc(c5c(-c5ccccc5)c4c4ccc(-c5cc(C)c8c(c5C)C5(C)CCCCC5(C)N8c5ccccc5)c2c34)c76)c(C)c2c1N(c1ccccc1)C1(C)CCCCC21C. The van der Waals surface area contributed by atoms with Crippen molar-refractivity contribution in [3.63, 3.8) is 0 Å². The maximum absolute atomic E-state index is 2.81. The summed E-state index contributed by atoms with van der Waals surface area (Å²) in [6.07, 6.45) is 18.9. The molecule has 25 rings (SSSR count). The van der Waals surface area contributed by atoms with Crippen molar-refractivity contribution in [3.05, 3.63) is 322 Å². The number of anilines is 8. The Balaban J connectivity index is 0.829. The molecule has 8 unspecified atom stereocenters. The van der Waals surface area contributed by atoms with Gasteiger partial charge in [-0.15, -0.1) is 0 Å². The summed E-state index contributed by atoms with van der Waals surface area (Å²) in [7, 11) is 0. The molecule has 4 saturated carbocycles. The molecule has 646 valence electrons. The quantitative estimate of drug-likeness (QED) is 0.135. The number of nitrogens with zero attached hydrogens (tertiary/aromatic N) is 4. The highest BCUT2D eigenvalue weighted by atomic mass is 15.3. The lowest BCUT2D eigenvalue weighted by molar-refractivity contribution is 0.194. The zero-order valence-corrected chi connectivity index (χ0v) is 79.4. The van der Waals surface area contributed by atoms with Crippen LogP contribution in [0.3, 0.4) is 0 Å². The van der Waals surface area contributed by atoms with E-state index in [2.05, 4.69) is 385 Å². The van der Waals surface area contributed by atoms with E-state index in [1.54, 1.807) is 22.3 Å². The molecule has 4 fully saturated rings. The third-order valence-electron chi connectivity index (χ3n) is 37.4. The summed E-state index contributed by atoms with van der Waals surface area (Å²) in [6, 6.07) is 101. The fourth-order valence-electron chi connectivity index (χ4n) is 30.9. The van der Waals surface area contributed by atoms with Crippen LogP contribution in [0, 0.1) is 55.4 Å². The van der Waals surface area contributed by atoms with Crippen molar-refractivity contribution in [2.24, 2.45) is 0 Å². The van der Waals surface area contributed by atoms with Crippen molar-refractivity contribution in [2.75, 3.05) is 19.6 Å². The molecular weight excluding hydrogens is 1570 g/mol. The Bertz CT molecular complexity index is 6800. The molecular formula is C126H122N4. The molecule has 0 aromatic heterocycles. The van der Waals surface area contributed by atoms with Gasteiger partial charge in [-0.3, -0.25) is 0 Å². The lowest BCUT2D eigenvalue weighted by atomic mass is 9.60. The summed E-state index contributed by atoms with van der Waals surface area (Å²) in [5, 5.41) is 16.1. The lowest BCUT2D eigenvalue weighted by Gasteiger charge is -2.50. The van der Waals surface area contributed by atoms with Crippen molar-refractivity contribution in [1.29, 1.82) is 0 Å². The summed E-state index contributed by atoms with van der Waals surface area (Å²) >= 11 is 0. The zero-order valence-electron chi connectivity index (χ0n) is 79.4. The van der Waals surface area contributed by atoms with Crippen LogP contribution in [0.1, 0.15) is 225 Å². The second kappa shape index (κ2) is 27.8. The van der Waals surface area contributed by atoms with Crippen molar-refractivity contribution in [1.82, 2.24) is 0 Å². The highest BCUT2D eigenvalue weighted by molar-refractivity contribution is 6.48. The minimum absolute atomic E-state index is 0.108. The smallest absolute Gasteiger partial charge is 0.0518 e. The molecule has 4 heterocycles. The van der Waals surface area contributed by atoms with Crippen LogP contribution in [0.5, 0.6) is 0 Å². The number of para-hydroxylation sites is 4. The number of hydrogen-bond acceptors (Lipinski definition) is 4. The van der Waals surface area contributed by atoms with Crippen LogP contribution in [-0.4, -0.2) is 22.2 Å². The zero-order chi connectivity index (χ0) is 88.7. The monoisotopic (exact) mass is 1690 g/mol. The van der Waals surface area contributed by atoms with E-state index in [1.165, 1.54) is 273 Å². The van der Waals surface area contributed by atoms with Crippen LogP contribution in [0.4, 0.5) is 45.5 Å². The normalized spacial score (nSPS) is 24.9. The van der Waals surface area contributed by atoms with Crippen molar-refractivity contribution in [2.45, 2.75) is 257 Å². The third-order valence-corrected chi connectivity index (χ3v) is 37.4. The Morgan fingerprint density at radius 3 is 0.615 bits per heavy atom. The van der Waals surface area contributed by atoms with Gasteiger partial charge in [0, 0.05) is 67.2 Å². The Kier molecular flexibility index (Phi) is 17.1. The van der Waals surface area contributed by atoms with E-state index in [0.717, 1.165) is 51.4 Å². The van der Waals surface area contributed by atoms with Gasteiger partial charge < -0.3 is 19.6 Å². The first-order valence-corrected chi connectivity index (χ1v) is 49.4. The molecule has 8 atom stereocenters. The number of fused-ring (bicyclic) bond motifs is 18. The highest BCUT2D eigenvalue weighted by Gasteiger charge is 2.64. The summed E-state index contributed by atoms with van der Waals surface area (Å²) in [5.41, 5.74) is 43.0. The van der Waals surface area contributed by atoms with Gasteiger partial charge in [0.25, 0.3) is 0 Å². The van der Waals surface area contributed by atoms with Gasteiger partial charge in [-0.25, -0.2) is 0 Å². The van der Waals surface area contributed by atoms with Crippen LogP contribution in [0.15, 0.2) is 255 Å². The fraction of sp³-hybridized carbons (Fsp3) is 0.317. The first-order chi connectivity index (χ1) is 62.9. The average Bonchev–Trinajstić information content (AvgIpc) is 1.50. The molecule has 130 heavy (non-hydrogen) atoms. The van der Waals surface area contributed by atoms with E-state index in [0.29, 0.717) is 0 Å². The van der Waals surface area contributed by atoms with Gasteiger partial charge >= 0.3 is 0 Å².